The summed E-state index contributed by atoms with van der Waals surface area (Å²) in [5.41, 5.74) is 3.86. The summed E-state index contributed by atoms with van der Waals surface area (Å²) in [4.78, 5) is 43.4. The molecule has 178 valence electrons. The van der Waals surface area contributed by atoms with Crippen LogP contribution in [0.15, 0.2) is 48.7 Å². The molecule has 34 heavy (non-hydrogen) atoms. The number of anilines is 2. The zero-order valence-corrected chi connectivity index (χ0v) is 19.7. The molecule has 1 aliphatic rings. The number of amides is 1. The van der Waals surface area contributed by atoms with Crippen LogP contribution in [0.4, 0.5) is 11.4 Å². The fourth-order valence-corrected chi connectivity index (χ4v) is 4.36. The summed E-state index contributed by atoms with van der Waals surface area (Å²) in [7, 11) is 0. The van der Waals surface area contributed by atoms with Crippen LogP contribution in [0, 0.1) is 5.92 Å². The van der Waals surface area contributed by atoms with Crippen LogP contribution in [-0.2, 0) is 9.59 Å². The molecule has 0 bridgehead atoms. The Hall–Kier alpha value is -3.65. The standard InChI is InChI=1S/C26H30N4O4/c1-16(2)25(32)28-19-6-9-23-21(14-19)22(15-27-23)24(26(33)34)30-12-10-29(11-13-30)20-7-4-18(5-8-20)17(3)31/h4-9,14-16,24,27H,10-13H2,1-3H3,(H,28,32)(H,33,34)/t24-/m1/s1. The monoisotopic (exact) mass is 462 g/mol. The summed E-state index contributed by atoms with van der Waals surface area (Å²) >= 11 is 0. The van der Waals surface area contributed by atoms with Gasteiger partial charge in [-0.1, -0.05) is 13.8 Å². The summed E-state index contributed by atoms with van der Waals surface area (Å²) < 4.78 is 0. The zero-order chi connectivity index (χ0) is 24.4. The van der Waals surface area contributed by atoms with E-state index in [1.165, 1.54) is 0 Å². The van der Waals surface area contributed by atoms with Gasteiger partial charge in [0, 0.05) is 71.7 Å². The number of aliphatic carboxylic acids is 1. The minimum atomic E-state index is -0.906. The van der Waals surface area contributed by atoms with Gasteiger partial charge in [-0.3, -0.25) is 19.3 Å². The molecule has 0 saturated carbocycles. The lowest BCUT2D eigenvalue weighted by atomic mass is 10.0. The molecule has 0 unspecified atom stereocenters. The third-order valence-corrected chi connectivity index (χ3v) is 6.35. The Morgan fingerprint density at radius 3 is 2.26 bits per heavy atom. The van der Waals surface area contributed by atoms with Crippen molar-refractivity contribution in [2.75, 3.05) is 36.4 Å². The number of piperazine rings is 1. The van der Waals surface area contributed by atoms with E-state index < -0.39 is 12.0 Å². The average molecular weight is 463 g/mol. The van der Waals surface area contributed by atoms with Gasteiger partial charge >= 0.3 is 5.97 Å². The number of nitrogens with one attached hydrogen (secondary N) is 2. The van der Waals surface area contributed by atoms with Gasteiger partial charge in [0.15, 0.2) is 5.78 Å². The normalized spacial score (nSPS) is 15.5. The highest BCUT2D eigenvalue weighted by atomic mass is 16.4. The van der Waals surface area contributed by atoms with Crippen LogP contribution >= 0.6 is 0 Å². The number of Topliss-reactive ketones (excluding diaryl/α,β-unsaturated/α-hetero) is 1. The van der Waals surface area contributed by atoms with Gasteiger partial charge in [0.05, 0.1) is 0 Å². The van der Waals surface area contributed by atoms with Crippen molar-refractivity contribution in [3.05, 3.63) is 59.8 Å². The molecule has 4 rings (SSSR count). The van der Waals surface area contributed by atoms with Crippen LogP contribution in [0.3, 0.4) is 0 Å². The highest BCUT2D eigenvalue weighted by Crippen LogP contribution is 2.32. The molecule has 1 fully saturated rings. The van der Waals surface area contributed by atoms with Crippen molar-refractivity contribution in [2.24, 2.45) is 5.92 Å². The molecule has 1 aromatic heterocycles. The summed E-state index contributed by atoms with van der Waals surface area (Å²) in [5, 5.41) is 13.8. The van der Waals surface area contributed by atoms with Crippen molar-refractivity contribution in [2.45, 2.75) is 26.8 Å². The number of fused-ring (bicyclic) bond motifs is 1. The minimum Gasteiger partial charge on any atom is -0.480 e. The van der Waals surface area contributed by atoms with Crippen LogP contribution < -0.4 is 10.2 Å². The number of aromatic amines is 1. The van der Waals surface area contributed by atoms with Gasteiger partial charge in [0.2, 0.25) is 5.91 Å². The molecule has 8 nitrogen and oxygen atoms in total. The van der Waals surface area contributed by atoms with Crippen molar-refractivity contribution in [1.29, 1.82) is 0 Å². The summed E-state index contributed by atoms with van der Waals surface area (Å²) in [6.07, 6.45) is 1.75. The Balaban J connectivity index is 1.53. The van der Waals surface area contributed by atoms with Crippen molar-refractivity contribution < 1.29 is 19.5 Å². The Bertz CT molecular complexity index is 1210. The number of benzene rings is 2. The molecule has 8 heteroatoms. The first-order valence-electron chi connectivity index (χ1n) is 11.5. The maximum Gasteiger partial charge on any atom is 0.325 e. The zero-order valence-electron chi connectivity index (χ0n) is 19.7. The summed E-state index contributed by atoms with van der Waals surface area (Å²) in [6.45, 7) is 7.73. The van der Waals surface area contributed by atoms with Gasteiger partial charge in [0.25, 0.3) is 0 Å². The Morgan fingerprint density at radius 1 is 1.00 bits per heavy atom. The maximum absolute atomic E-state index is 12.4. The summed E-state index contributed by atoms with van der Waals surface area (Å²) in [5.74, 6) is -1.11. The van der Waals surface area contributed by atoms with E-state index in [9.17, 15) is 19.5 Å². The molecule has 0 aliphatic carbocycles. The minimum absolute atomic E-state index is 0.0336. The first-order chi connectivity index (χ1) is 16.2. The first kappa shape index (κ1) is 23.5. The molecule has 1 saturated heterocycles. The van der Waals surface area contributed by atoms with Crippen LogP contribution in [0.2, 0.25) is 0 Å². The van der Waals surface area contributed by atoms with Gasteiger partial charge in [-0.2, -0.15) is 0 Å². The fraction of sp³-hybridized carbons (Fsp3) is 0.346. The molecule has 1 atom stereocenters. The van der Waals surface area contributed by atoms with E-state index in [0.717, 1.165) is 16.6 Å². The first-order valence-corrected chi connectivity index (χ1v) is 11.5. The number of ketones is 1. The van der Waals surface area contributed by atoms with Gasteiger partial charge in [-0.25, -0.2) is 0 Å². The number of carboxylic acid groups (broad SMARTS) is 1. The number of carbonyl (C=O) groups excluding carboxylic acids is 2. The number of hydrogen-bond donors (Lipinski definition) is 3. The molecule has 3 aromatic rings. The number of H-pyrrole nitrogens is 1. The average Bonchev–Trinajstić information content (AvgIpc) is 3.22. The van der Waals surface area contributed by atoms with E-state index in [4.69, 9.17) is 0 Å². The second-order valence-corrected chi connectivity index (χ2v) is 9.02. The Kier molecular flexibility index (Phi) is 6.70. The molecular formula is C26H30N4O4. The smallest absolute Gasteiger partial charge is 0.325 e. The highest BCUT2D eigenvalue weighted by Gasteiger charge is 2.32. The van der Waals surface area contributed by atoms with Gasteiger partial charge in [-0.15, -0.1) is 0 Å². The highest BCUT2D eigenvalue weighted by molar-refractivity contribution is 5.97. The SMILES string of the molecule is CC(=O)c1ccc(N2CCN([C@@H](C(=O)O)c3c[nH]c4ccc(NC(=O)C(C)C)cc34)CC2)cc1. The van der Waals surface area contributed by atoms with Gasteiger partial charge in [0.1, 0.15) is 6.04 Å². The molecule has 3 N–H and O–H groups in total. The number of hydrogen-bond acceptors (Lipinski definition) is 5. The maximum atomic E-state index is 12.4. The third kappa shape index (κ3) is 4.82. The number of nitrogens with zero attached hydrogens (tertiary/aromatic N) is 2. The fourth-order valence-electron chi connectivity index (χ4n) is 4.36. The lowest BCUT2D eigenvalue weighted by Gasteiger charge is -2.38. The molecule has 1 aliphatic heterocycles. The molecule has 1 amide bonds. The largest absolute Gasteiger partial charge is 0.480 e. The van der Waals surface area contributed by atoms with Gasteiger partial charge < -0.3 is 20.3 Å². The number of carboxylic acids is 1. The van der Waals surface area contributed by atoms with Crippen LogP contribution in [0.5, 0.6) is 0 Å². The van der Waals surface area contributed by atoms with Crippen LogP contribution in [-0.4, -0.2) is 58.8 Å². The van der Waals surface area contributed by atoms with E-state index in [2.05, 4.69) is 15.2 Å². The van der Waals surface area contributed by atoms with E-state index in [1.807, 2.05) is 61.2 Å². The molecule has 2 aromatic carbocycles. The van der Waals surface area contributed by atoms with E-state index in [0.29, 0.717) is 43.0 Å². The third-order valence-electron chi connectivity index (χ3n) is 6.35. The number of rotatable bonds is 7. The van der Waals surface area contributed by atoms with E-state index >= 15 is 0 Å². The van der Waals surface area contributed by atoms with Crippen LogP contribution in [0.25, 0.3) is 10.9 Å². The van der Waals surface area contributed by atoms with E-state index in [1.54, 1.807) is 13.1 Å². The van der Waals surface area contributed by atoms with Crippen molar-refractivity contribution >= 4 is 39.9 Å². The molecule has 0 spiro atoms. The quantitative estimate of drug-likeness (QED) is 0.460. The summed E-state index contributed by atoms with van der Waals surface area (Å²) in [6, 6.07) is 12.2. The van der Waals surface area contributed by atoms with Crippen molar-refractivity contribution in [1.82, 2.24) is 9.88 Å². The molecule has 2 heterocycles. The van der Waals surface area contributed by atoms with Gasteiger partial charge in [-0.05, 0) is 49.4 Å². The number of carbonyl (C=O) groups is 3. The second kappa shape index (κ2) is 9.69. The second-order valence-electron chi connectivity index (χ2n) is 9.02. The van der Waals surface area contributed by atoms with Crippen molar-refractivity contribution in [3.63, 3.8) is 0 Å². The van der Waals surface area contributed by atoms with E-state index in [-0.39, 0.29) is 17.6 Å². The predicted octanol–water partition coefficient (Wildman–Crippen LogP) is 3.91. The number of aromatic nitrogens is 1. The predicted molar refractivity (Wildman–Crippen MR) is 132 cm³/mol. The Morgan fingerprint density at radius 2 is 1.68 bits per heavy atom. The lowest BCUT2D eigenvalue weighted by molar-refractivity contribution is -0.143. The Labute approximate surface area is 198 Å². The van der Waals surface area contributed by atoms with Crippen molar-refractivity contribution in [3.8, 4) is 0 Å². The molecular weight excluding hydrogens is 432 g/mol. The molecule has 0 radical (unpaired) electrons. The van der Waals surface area contributed by atoms with Crippen LogP contribution in [0.1, 0.15) is 42.7 Å². The topological polar surface area (TPSA) is 106 Å². The lowest BCUT2D eigenvalue weighted by Crippen LogP contribution is -2.49.